The van der Waals surface area contributed by atoms with Crippen LogP contribution in [0.2, 0.25) is 0 Å². The van der Waals surface area contributed by atoms with E-state index in [0.29, 0.717) is 6.54 Å². The van der Waals surface area contributed by atoms with E-state index in [1.807, 2.05) is 18.3 Å². The fourth-order valence-corrected chi connectivity index (χ4v) is 6.29. The van der Waals surface area contributed by atoms with Crippen molar-refractivity contribution in [3.05, 3.63) is 88.8 Å². The molecule has 8 heteroatoms. The average Bonchev–Trinajstić information content (AvgIpc) is 3.03. The Bertz CT molecular complexity index is 1380. The number of hydrogen-bond donors (Lipinski definition) is 3. The van der Waals surface area contributed by atoms with E-state index in [1.54, 1.807) is 0 Å². The molecule has 0 radical (unpaired) electrons. The van der Waals surface area contributed by atoms with Crippen molar-refractivity contribution in [2.45, 2.75) is 44.4 Å². The fourth-order valence-electron chi connectivity index (χ4n) is 6.29. The van der Waals surface area contributed by atoms with Crippen molar-refractivity contribution in [1.29, 1.82) is 0 Å². The van der Waals surface area contributed by atoms with Gasteiger partial charge in [0.1, 0.15) is 0 Å². The Balaban J connectivity index is 1.06. The van der Waals surface area contributed by atoms with Gasteiger partial charge in [-0.15, -0.1) is 0 Å². The van der Waals surface area contributed by atoms with E-state index in [9.17, 15) is 4.79 Å². The molecule has 1 fully saturated rings. The number of likely N-dealkylation sites (N-methyl/N-ethyl adjacent to an activating group) is 1. The van der Waals surface area contributed by atoms with Crippen LogP contribution in [0.25, 0.3) is 5.57 Å². The number of benzene rings is 1. The molecule has 1 atom stereocenters. The summed E-state index contributed by atoms with van der Waals surface area (Å²) >= 11 is 0. The van der Waals surface area contributed by atoms with Gasteiger partial charge < -0.3 is 25.8 Å². The lowest BCUT2D eigenvalue weighted by molar-refractivity contribution is 0.154. The second-order valence-electron chi connectivity index (χ2n) is 11.8. The van der Waals surface area contributed by atoms with E-state index in [4.69, 9.17) is 9.97 Å². The number of allylic oxidation sites excluding steroid dienone is 6. The topological polar surface area (TPSA) is 85.4 Å². The smallest absolute Gasteiger partial charge is 0.319 e. The van der Waals surface area contributed by atoms with Crippen molar-refractivity contribution in [2.24, 2.45) is 0 Å². The number of piperazine rings is 1. The number of hydrogen-bond acceptors (Lipinski definition) is 6. The molecule has 3 aliphatic carbocycles. The zero-order valence-corrected chi connectivity index (χ0v) is 24.7. The third-order valence-electron chi connectivity index (χ3n) is 8.74. The molecule has 3 N–H and O–H groups in total. The summed E-state index contributed by atoms with van der Waals surface area (Å²) in [6, 6.07) is 8.10. The van der Waals surface area contributed by atoms with Crippen LogP contribution in [0, 0.1) is 0 Å². The normalized spacial score (nSPS) is 20.5. The summed E-state index contributed by atoms with van der Waals surface area (Å²) in [7, 11) is 2.20. The molecule has 0 bridgehead atoms. The summed E-state index contributed by atoms with van der Waals surface area (Å²) < 4.78 is 0. The number of amides is 2. The molecule has 1 saturated heterocycles. The molecular weight excluding hydrogens is 522 g/mol. The van der Waals surface area contributed by atoms with Gasteiger partial charge in [-0.05, 0) is 86.5 Å². The first kappa shape index (κ1) is 28.4. The first-order chi connectivity index (χ1) is 20.6. The highest BCUT2D eigenvalue weighted by Crippen LogP contribution is 2.45. The highest BCUT2D eigenvalue weighted by atomic mass is 16.2. The second-order valence-corrected chi connectivity index (χ2v) is 11.8. The third-order valence-corrected chi connectivity index (χ3v) is 8.74. The molecule has 1 unspecified atom stereocenters. The minimum atomic E-state index is -0.185. The van der Waals surface area contributed by atoms with E-state index in [-0.39, 0.29) is 11.9 Å². The van der Waals surface area contributed by atoms with Crippen LogP contribution >= 0.6 is 0 Å². The van der Waals surface area contributed by atoms with Gasteiger partial charge in [-0.25, -0.2) is 14.8 Å². The molecule has 6 rings (SSSR count). The van der Waals surface area contributed by atoms with Crippen LogP contribution < -0.4 is 16.0 Å². The van der Waals surface area contributed by atoms with Gasteiger partial charge in [0.25, 0.3) is 0 Å². The molecule has 1 aromatic heterocycles. The summed E-state index contributed by atoms with van der Waals surface area (Å²) in [4.78, 5) is 27.1. The van der Waals surface area contributed by atoms with Crippen molar-refractivity contribution in [3.8, 4) is 0 Å². The standard InChI is InChI=1S/C34H43N7O/c1-40-18-20-41(21-19-40)17-7-16-35-33-36-24-27-22-31(29-10-5-6-11-30(29)32(27)39-33)26-12-14-28(15-13-26)38-34(42)37-23-25-8-3-2-4-9-25/h3,8-15,24,31H,2,4-7,16-23H2,1H3,(H,35,36,39)(H2,37,38,42). The van der Waals surface area contributed by atoms with Crippen LogP contribution in [0.4, 0.5) is 16.4 Å². The van der Waals surface area contributed by atoms with Crippen molar-refractivity contribution in [1.82, 2.24) is 25.1 Å². The van der Waals surface area contributed by atoms with Gasteiger partial charge >= 0.3 is 6.03 Å². The molecular formula is C34H43N7O. The van der Waals surface area contributed by atoms with Gasteiger partial charge in [-0.3, -0.25) is 0 Å². The quantitative estimate of drug-likeness (QED) is 0.355. The minimum Gasteiger partial charge on any atom is -0.354 e. The zero-order valence-electron chi connectivity index (χ0n) is 24.7. The number of nitrogens with zero attached hydrogens (tertiary/aromatic N) is 4. The lowest BCUT2D eigenvalue weighted by Crippen LogP contribution is -2.44. The second kappa shape index (κ2) is 13.5. The molecule has 0 spiro atoms. The summed E-state index contributed by atoms with van der Waals surface area (Å²) in [5.41, 5.74) is 8.08. The Kier molecular flexibility index (Phi) is 9.11. The highest BCUT2D eigenvalue weighted by Gasteiger charge is 2.31. The average molecular weight is 566 g/mol. The lowest BCUT2D eigenvalue weighted by Gasteiger charge is -2.32. The maximum absolute atomic E-state index is 12.4. The number of carbonyl (C=O) groups excluding carboxylic acids is 1. The van der Waals surface area contributed by atoms with Gasteiger partial charge in [0.2, 0.25) is 5.95 Å². The summed E-state index contributed by atoms with van der Waals surface area (Å²) in [5.74, 6) is 0.976. The number of anilines is 2. The van der Waals surface area contributed by atoms with E-state index in [0.717, 1.165) is 101 Å². The molecule has 4 aliphatic rings. The van der Waals surface area contributed by atoms with Crippen LogP contribution in [0.3, 0.4) is 0 Å². The van der Waals surface area contributed by atoms with Gasteiger partial charge in [0.05, 0.1) is 5.69 Å². The predicted molar refractivity (Wildman–Crippen MR) is 171 cm³/mol. The Hall–Kier alpha value is -3.75. The largest absolute Gasteiger partial charge is 0.354 e. The Morgan fingerprint density at radius 1 is 1.00 bits per heavy atom. The Morgan fingerprint density at radius 3 is 2.62 bits per heavy atom. The number of rotatable bonds is 9. The van der Waals surface area contributed by atoms with E-state index >= 15 is 0 Å². The van der Waals surface area contributed by atoms with Crippen molar-refractivity contribution < 1.29 is 4.79 Å². The van der Waals surface area contributed by atoms with Crippen LogP contribution in [-0.4, -0.2) is 78.7 Å². The van der Waals surface area contributed by atoms with Crippen molar-refractivity contribution in [2.75, 3.05) is 63.5 Å². The monoisotopic (exact) mass is 565 g/mol. The first-order valence-electron chi connectivity index (χ1n) is 15.5. The van der Waals surface area contributed by atoms with E-state index in [2.05, 4.69) is 75.3 Å². The number of aromatic nitrogens is 2. The van der Waals surface area contributed by atoms with Crippen LogP contribution in [0.1, 0.15) is 54.8 Å². The van der Waals surface area contributed by atoms with Gasteiger partial charge in [-0.1, -0.05) is 42.5 Å². The molecule has 2 heterocycles. The SMILES string of the molecule is CN1CCN(CCCNc2ncc3c(n2)C2=CCCC=C2C(c2ccc(NC(=O)NCC4=CCCC=C4)cc2)C3)CC1. The van der Waals surface area contributed by atoms with E-state index < -0.39 is 0 Å². The first-order valence-corrected chi connectivity index (χ1v) is 15.5. The summed E-state index contributed by atoms with van der Waals surface area (Å²) in [6.45, 7) is 7.15. The molecule has 8 nitrogen and oxygen atoms in total. The Labute approximate surface area is 249 Å². The molecule has 42 heavy (non-hydrogen) atoms. The van der Waals surface area contributed by atoms with E-state index in [1.165, 1.54) is 22.3 Å². The summed E-state index contributed by atoms with van der Waals surface area (Å²) in [6.07, 6.45) is 19.3. The highest BCUT2D eigenvalue weighted by molar-refractivity contribution is 5.89. The van der Waals surface area contributed by atoms with Gasteiger partial charge in [-0.2, -0.15) is 0 Å². The van der Waals surface area contributed by atoms with Crippen LogP contribution in [0.15, 0.2) is 72.0 Å². The molecule has 220 valence electrons. The molecule has 2 amide bonds. The molecule has 0 saturated carbocycles. The fraction of sp³-hybridized carbons (Fsp3) is 0.441. The number of carbonyl (C=O) groups is 1. The maximum atomic E-state index is 12.4. The number of nitrogens with one attached hydrogen (secondary N) is 3. The molecule has 1 aromatic carbocycles. The lowest BCUT2D eigenvalue weighted by atomic mass is 9.74. The minimum absolute atomic E-state index is 0.185. The predicted octanol–water partition coefficient (Wildman–Crippen LogP) is 5.37. The molecule has 1 aliphatic heterocycles. The maximum Gasteiger partial charge on any atom is 0.319 e. The van der Waals surface area contributed by atoms with Crippen LogP contribution in [-0.2, 0) is 6.42 Å². The van der Waals surface area contributed by atoms with Crippen LogP contribution in [0.5, 0.6) is 0 Å². The number of urea groups is 1. The third kappa shape index (κ3) is 6.99. The van der Waals surface area contributed by atoms with Crippen molar-refractivity contribution in [3.63, 3.8) is 0 Å². The van der Waals surface area contributed by atoms with Gasteiger partial charge in [0.15, 0.2) is 0 Å². The Morgan fingerprint density at radius 2 is 1.81 bits per heavy atom. The van der Waals surface area contributed by atoms with Gasteiger partial charge in [0, 0.05) is 62.6 Å². The molecule has 2 aromatic rings. The van der Waals surface area contributed by atoms with Crippen molar-refractivity contribution >= 4 is 23.2 Å². The number of fused-ring (bicyclic) bond motifs is 3. The zero-order chi connectivity index (χ0) is 28.7. The summed E-state index contributed by atoms with van der Waals surface area (Å²) in [5, 5.41) is 9.41.